The van der Waals surface area contributed by atoms with Gasteiger partial charge in [-0.05, 0) is 113 Å². The van der Waals surface area contributed by atoms with Gasteiger partial charge < -0.3 is 14.2 Å². The first kappa shape index (κ1) is 48.6. The molecule has 0 amide bonds. The largest absolute Gasteiger partial charge is 3.00 e. The third-order valence-electron chi connectivity index (χ3n) is 13.4. The molecule has 0 saturated heterocycles. The predicted molar refractivity (Wildman–Crippen MR) is 259 cm³/mol. The van der Waals surface area contributed by atoms with Gasteiger partial charge in [-0.25, -0.2) is 0 Å². The van der Waals surface area contributed by atoms with Crippen molar-refractivity contribution in [3.63, 3.8) is 0 Å². The molecule has 3 aliphatic rings. The summed E-state index contributed by atoms with van der Waals surface area (Å²) in [5, 5.41) is 0. The van der Waals surface area contributed by atoms with Gasteiger partial charge >= 0.3 is 20.1 Å². The van der Waals surface area contributed by atoms with Gasteiger partial charge in [-0.2, -0.15) is 0 Å². The molecule has 3 fully saturated rings. The van der Waals surface area contributed by atoms with E-state index in [1.165, 1.54) is 96.3 Å². The van der Waals surface area contributed by atoms with Crippen molar-refractivity contribution in [3.05, 3.63) is 146 Å². The molecule has 6 nitrogen and oxygen atoms in total. The summed E-state index contributed by atoms with van der Waals surface area (Å²) in [4.78, 5) is 13.4. The molecule has 3 aromatic carbocycles. The van der Waals surface area contributed by atoms with Gasteiger partial charge in [0.2, 0.25) is 0 Å². The molecule has 336 valence electrons. The second kappa shape index (κ2) is 26.2. The van der Waals surface area contributed by atoms with Crippen molar-refractivity contribution in [1.29, 1.82) is 0 Å². The number of hydrogen-bond donors (Lipinski definition) is 0. The van der Waals surface area contributed by atoms with Crippen molar-refractivity contribution < 1.29 is 34.3 Å². The molecule has 64 heavy (non-hydrogen) atoms. The Bertz CT molecular complexity index is 1960. The SMILES string of the molecule is CCC1CCCCC1Oc1ccnc(-c2ccccc2)c1.CCC1CCCCC1Oc1ccnc(-c2ccccc2)c1.CCC1CCCCC1Oc1ccnc(-c2ccccc2)c1.[Ir+3]. The van der Waals surface area contributed by atoms with Crippen molar-refractivity contribution in [2.24, 2.45) is 17.8 Å². The molecular formula is C57H69IrN3O3+3. The minimum atomic E-state index is 0. The summed E-state index contributed by atoms with van der Waals surface area (Å²) in [6.45, 7) is 6.82. The number of ether oxygens (including phenoxy) is 3. The molecule has 3 saturated carbocycles. The summed E-state index contributed by atoms with van der Waals surface area (Å²) in [6.07, 6.45) is 25.7. The van der Waals surface area contributed by atoms with E-state index in [4.69, 9.17) is 14.2 Å². The molecule has 6 atom stereocenters. The fourth-order valence-electron chi connectivity index (χ4n) is 9.67. The standard InChI is InChI=1S/3C19H23NO.Ir/c3*1-2-15-8-6-7-11-19(15)21-17-12-13-20-18(14-17)16-9-4-3-5-10-16;/h3*3-5,9-10,12-15,19H,2,6-8,11H2,1H3;/q;;;+3. The Morgan fingerprint density at radius 1 is 0.375 bits per heavy atom. The molecule has 3 heterocycles. The van der Waals surface area contributed by atoms with Crippen LogP contribution in [-0.4, -0.2) is 33.3 Å². The van der Waals surface area contributed by atoms with Crippen LogP contribution in [0.2, 0.25) is 0 Å². The molecule has 3 aromatic heterocycles. The Kier molecular flexibility index (Phi) is 19.9. The monoisotopic (exact) mass is 1040 g/mol. The Morgan fingerprint density at radius 3 is 0.906 bits per heavy atom. The zero-order valence-electron chi connectivity index (χ0n) is 38.3. The summed E-state index contributed by atoms with van der Waals surface area (Å²) in [5.74, 6) is 4.96. The van der Waals surface area contributed by atoms with Crippen LogP contribution >= 0.6 is 0 Å². The van der Waals surface area contributed by atoms with Gasteiger partial charge in [-0.1, -0.05) is 131 Å². The van der Waals surface area contributed by atoms with Crippen molar-refractivity contribution in [3.8, 4) is 51.0 Å². The number of aromatic nitrogens is 3. The number of nitrogens with zero attached hydrogens (tertiary/aromatic N) is 3. The van der Waals surface area contributed by atoms with Crippen LogP contribution in [0, 0.1) is 17.8 Å². The first-order valence-corrected chi connectivity index (χ1v) is 24.1. The number of benzene rings is 3. The van der Waals surface area contributed by atoms with E-state index in [-0.39, 0.29) is 20.1 Å². The number of rotatable bonds is 12. The fourth-order valence-corrected chi connectivity index (χ4v) is 9.67. The van der Waals surface area contributed by atoms with Gasteiger partial charge in [0.15, 0.2) is 0 Å². The molecule has 6 unspecified atom stereocenters. The quantitative estimate of drug-likeness (QED) is 0.122. The maximum absolute atomic E-state index is 6.28. The van der Waals surface area contributed by atoms with Gasteiger partial charge in [-0.15, -0.1) is 0 Å². The molecule has 9 rings (SSSR count). The van der Waals surface area contributed by atoms with Crippen molar-refractivity contribution in [2.45, 2.75) is 135 Å². The van der Waals surface area contributed by atoms with Crippen LogP contribution < -0.4 is 14.2 Å². The second-order valence-electron chi connectivity index (χ2n) is 17.6. The topological polar surface area (TPSA) is 66.4 Å². The summed E-state index contributed by atoms with van der Waals surface area (Å²) < 4.78 is 18.8. The first-order valence-electron chi connectivity index (χ1n) is 24.1. The van der Waals surface area contributed by atoms with Crippen LogP contribution in [0.1, 0.15) is 117 Å². The molecule has 7 heteroatoms. The zero-order valence-corrected chi connectivity index (χ0v) is 40.7. The summed E-state index contributed by atoms with van der Waals surface area (Å²) in [5.41, 5.74) is 6.36. The molecule has 0 spiro atoms. The molecule has 0 N–H and O–H groups in total. The third-order valence-corrected chi connectivity index (χ3v) is 13.4. The van der Waals surface area contributed by atoms with Gasteiger partial charge in [0.1, 0.15) is 35.6 Å². The van der Waals surface area contributed by atoms with Crippen LogP contribution in [0.15, 0.2) is 146 Å². The van der Waals surface area contributed by atoms with Gasteiger partial charge in [0.05, 0.1) is 17.1 Å². The van der Waals surface area contributed by atoms with E-state index in [9.17, 15) is 0 Å². The molecular weight excluding hydrogens is 967 g/mol. The van der Waals surface area contributed by atoms with Gasteiger partial charge in [0.25, 0.3) is 0 Å². The van der Waals surface area contributed by atoms with Gasteiger partial charge in [-0.3, -0.25) is 15.0 Å². The first-order chi connectivity index (χ1) is 31.1. The van der Waals surface area contributed by atoms with E-state index in [0.717, 1.165) is 51.0 Å². The molecule has 0 aliphatic heterocycles. The fraction of sp³-hybridized carbons (Fsp3) is 0.421. The number of pyridine rings is 3. The Labute approximate surface area is 397 Å². The van der Waals surface area contributed by atoms with E-state index in [1.807, 2.05) is 91.4 Å². The Morgan fingerprint density at radius 2 is 0.641 bits per heavy atom. The third kappa shape index (κ3) is 14.3. The normalized spacial score (nSPS) is 21.6. The van der Waals surface area contributed by atoms with Crippen LogP contribution in [0.5, 0.6) is 17.2 Å². The van der Waals surface area contributed by atoms with E-state index < -0.39 is 0 Å². The number of hydrogen-bond acceptors (Lipinski definition) is 6. The summed E-state index contributed by atoms with van der Waals surface area (Å²) >= 11 is 0. The summed E-state index contributed by atoms with van der Waals surface area (Å²) in [6, 6.07) is 43.0. The molecule has 3 aliphatic carbocycles. The van der Waals surface area contributed by atoms with Crippen LogP contribution in [0.25, 0.3) is 33.8 Å². The van der Waals surface area contributed by atoms with Crippen LogP contribution in [0.4, 0.5) is 0 Å². The zero-order chi connectivity index (χ0) is 43.5. The maximum atomic E-state index is 6.28. The van der Waals surface area contributed by atoms with E-state index in [1.54, 1.807) is 0 Å². The van der Waals surface area contributed by atoms with E-state index in [0.29, 0.717) is 36.1 Å². The molecule has 0 radical (unpaired) electrons. The summed E-state index contributed by atoms with van der Waals surface area (Å²) in [7, 11) is 0. The van der Waals surface area contributed by atoms with Crippen LogP contribution in [0.3, 0.4) is 0 Å². The van der Waals surface area contributed by atoms with Crippen LogP contribution in [-0.2, 0) is 20.1 Å². The second-order valence-corrected chi connectivity index (χ2v) is 17.6. The average molecular weight is 1040 g/mol. The average Bonchev–Trinajstić information content (AvgIpc) is 3.36. The van der Waals surface area contributed by atoms with Crippen molar-refractivity contribution in [1.82, 2.24) is 15.0 Å². The smallest absolute Gasteiger partial charge is 0.490 e. The van der Waals surface area contributed by atoms with Crippen molar-refractivity contribution >= 4 is 0 Å². The minimum Gasteiger partial charge on any atom is -0.490 e. The Hall–Kier alpha value is -4.84. The molecule has 0 bridgehead atoms. The van der Waals surface area contributed by atoms with E-state index >= 15 is 0 Å². The minimum absolute atomic E-state index is 0. The molecule has 6 aromatic rings. The van der Waals surface area contributed by atoms with Gasteiger partial charge in [0, 0.05) is 53.5 Å². The maximum Gasteiger partial charge on any atom is 3.00 e. The Balaban J connectivity index is 0.000000158. The van der Waals surface area contributed by atoms with Crippen molar-refractivity contribution in [2.75, 3.05) is 0 Å². The predicted octanol–water partition coefficient (Wildman–Crippen LogP) is 15.3. The van der Waals surface area contributed by atoms with E-state index in [2.05, 4.69) is 90.3 Å².